The van der Waals surface area contributed by atoms with Crippen molar-refractivity contribution >= 4 is 23.9 Å². The number of carboxylic acids is 4. The Balaban J connectivity index is 2.08. The molecule has 1 aliphatic rings. The molecule has 2 atom stereocenters. The van der Waals surface area contributed by atoms with E-state index in [9.17, 15) is 39.6 Å². The van der Waals surface area contributed by atoms with E-state index in [0.29, 0.717) is 5.56 Å². The van der Waals surface area contributed by atoms with Crippen molar-refractivity contribution in [1.29, 1.82) is 0 Å². The summed E-state index contributed by atoms with van der Waals surface area (Å²) < 4.78 is 0. The molecule has 8 nitrogen and oxygen atoms in total. The van der Waals surface area contributed by atoms with Crippen molar-refractivity contribution in [2.45, 2.75) is 10.8 Å². The highest BCUT2D eigenvalue weighted by Gasteiger charge is 2.50. The smallest absolute Gasteiger partial charge is 0.336 e. The minimum atomic E-state index is -2.01. The zero-order valence-electron chi connectivity index (χ0n) is 18.7. The molecule has 3 aromatic rings. The second kappa shape index (κ2) is 8.99. The van der Waals surface area contributed by atoms with Crippen LogP contribution in [-0.2, 0) is 20.4 Å². The van der Waals surface area contributed by atoms with Crippen molar-refractivity contribution in [2.75, 3.05) is 0 Å². The van der Waals surface area contributed by atoms with Crippen LogP contribution in [0.5, 0.6) is 0 Å². The van der Waals surface area contributed by atoms with Crippen molar-refractivity contribution in [3.8, 4) is 0 Å². The number of aliphatic carboxylic acids is 2. The Bertz CT molecular complexity index is 1440. The molecule has 0 saturated heterocycles. The maximum atomic E-state index is 12.6. The number of benzene rings is 3. The number of hydrogen-bond acceptors (Lipinski definition) is 4. The van der Waals surface area contributed by atoms with Gasteiger partial charge in [0, 0.05) is 0 Å². The first-order valence-corrected chi connectivity index (χ1v) is 10.8. The number of carbonyl (C=O) groups is 4. The molecule has 4 N–H and O–H groups in total. The van der Waals surface area contributed by atoms with E-state index in [1.165, 1.54) is 42.5 Å². The van der Waals surface area contributed by atoms with E-state index in [0.717, 1.165) is 6.07 Å². The topological polar surface area (TPSA) is 149 Å². The van der Waals surface area contributed by atoms with Gasteiger partial charge in [0.1, 0.15) is 5.41 Å². The van der Waals surface area contributed by atoms with Crippen LogP contribution < -0.4 is 0 Å². The van der Waals surface area contributed by atoms with E-state index < -0.39 is 51.4 Å². The number of carboxylic acid groups (broad SMARTS) is 4. The summed E-state index contributed by atoms with van der Waals surface area (Å²) in [5.74, 6) is -5.76. The molecular weight excluding hydrogens is 464 g/mol. The molecule has 3 aromatic carbocycles. The van der Waals surface area contributed by atoms with E-state index in [4.69, 9.17) is 0 Å². The highest BCUT2D eigenvalue weighted by Crippen LogP contribution is 2.47. The molecule has 0 heterocycles. The molecule has 0 fully saturated rings. The van der Waals surface area contributed by atoms with Gasteiger partial charge >= 0.3 is 23.9 Å². The van der Waals surface area contributed by atoms with Gasteiger partial charge in [0.2, 0.25) is 0 Å². The highest BCUT2D eigenvalue weighted by molar-refractivity contribution is 6.04. The molecule has 0 bridgehead atoms. The van der Waals surface area contributed by atoms with E-state index in [1.54, 1.807) is 48.5 Å². The van der Waals surface area contributed by atoms with Gasteiger partial charge in [-0.2, -0.15) is 0 Å². The van der Waals surface area contributed by atoms with Gasteiger partial charge in [-0.1, -0.05) is 85.0 Å². The molecule has 0 saturated carbocycles. The van der Waals surface area contributed by atoms with Gasteiger partial charge in [0.15, 0.2) is 0 Å². The summed E-state index contributed by atoms with van der Waals surface area (Å²) >= 11 is 0. The van der Waals surface area contributed by atoms with Crippen LogP contribution >= 0.6 is 0 Å². The van der Waals surface area contributed by atoms with Gasteiger partial charge in [0.05, 0.1) is 22.1 Å². The largest absolute Gasteiger partial charge is 0.480 e. The standard InChI is InChI=1S/C28H20O8/c29-23(30)20-12-11-19(15-21(20)24(31)32)27(17-7-3-1-4-8-17)13-14-28(26(35)36,22(16-27)25(33)34)18-9-5-2-6-10-18/h1-16H,(H,29,30)(H,31,32)(H,33,34)(H,35,36). The quantitative estimate of drug-likeness (QED) is 0.368. The Kier molecular flexibility index (Phi) is 6.03. The molecule has 0 radical (unpaired) electrons. The molecule has 0 spiro atoms. The van der Waals surface area contributed by atoms with Crippen LogP contribution in [0, 0.1) is 0 Å². The number of allylic oxidation sites excluding steroid dienone is 2. The Labute approximate surface area is 205 Å². The van der Waals surface area contributed by atoms with Crippen LogP contribution in [0.2, 0.25) is 0 Å². The van der Waals surface area contributed by atoms with Crippen molar-refractivity contribution in [3.05, 3.63) is 130 Å². The van der Waals surface area contributed by atoms with E-state index in [1.807, 2.05) is 0 Å². The Morgan fingerprint density at radius 1 is 0.556 bits per heavy atom. The number of rotatable bonds is 7. The second-order valence-corrected chi connectivity index (χ2v) is 8.28. The summed E-state index contributed by atoms with van der Waals surface area (Å²) in [6.07, 6.45) is 4.12. The zero-order valence-corrected chi connectivity index (χ0v) is 18.7. The predicted molar refractivity (Wildman–Crippen MR) is 128 cm³/mol. The van der Waals surface area contributed by atoms with Gasteiger partial charge in [-0.25, -0.2) is 14.4 Å². The van der Waals surface area contributed by atoms with Crippen molar-refractivity contribution in [1.82, 2.24) is 0 Å². The Morgan fingerprint density at radius 3 is 1.61 bits per heavy atom. The predicted octanol–water partition coefficient (Wildman–Crippen LogP) is 3.97. The molecule has 1 aliphatic carbocycles. The van der Waals surface area contributed by atoms with Crippen LogP contribution in [0.4, 0.5) is 0 Å². The number of hydrogen-bond donors (Lipinski definition) is 4. The summed E-state index contributed by atoms with van der Waals surface area (Å²) in [7, 11) is 0. The first-order chi connectivity index (χ1) is 17.1. The van der Waals surface area contributed by atoms with E-state index in [-0.39, 0.29) is 11.1 Å². The van der Waals surface area contributed by atoms with Crippen LogP contribution in [0.15, 0.2) is 103 Å². The highest BCUT2D eigenvalue weighted by atomic mass is 16.4. The van der Waals surface area contributed by atoms with Gasteiger partial charge < -0.3 is 20.4 Å². The SMILES string of the molecule is O=C(O)C1=CC(c2ccccc2)(c2ccc(C(=O)O)c(C(=O)O)c2)C=CC1(C(=O)O)c1ccccc1. The average molecular weight is 484 g/mol. The molecule has 0 aliphatic heterocycles. The molecule has 0 aromatic heterocycles. The van der Waals surface area contributed by atoms with Crippen molar-refractivity contribution in [3.63, 3.8) is 0 Å². The van der Waals surface area contributed by atoms with Crippen molar-refractivity contribution < 1.29 is 39.6 Å². The fourth-order valence-corrected chi connectivity index (χ4v) is 4.63. The van der Waals surface area contributed by atoms with Crippen LogP contribution in [-0.4, -0.2) is 44.3 Å². The van der Waals surface area contributed by atoms with E-state index in [2.05, 4.69) is 0 Å². The minimum Gasteiger partial charge on any atom is -0.480 e. The van der Waals surface area contributed by atoms with Gasteiger partial charge in [-0.15, -0.1) is 0 Å². The normalized spacial score (nSPS) is 20.8. The lowest BCUT2D eigenvalue weighted by Gasteiger charge is -2.38. The zero-order chi connectivity index (χ0) is 26.1. The summed E-state index contributed by atoms with van der Waals surface area (Å²) in [6, 6.07) is 20.2. The summed E-state index contributed by atoms with van der Waals surface area (Å²) in [5, 5.41) is 39.6. The fourth-order valence-electron chi connectivity index (χ4n) is 4.63. The summed E-state index contributed by atoms with van der Waals surface area (Å²) in [5.41, 5.74) is -3.73. The minimum absolute atomic E-state index is 0.233. The first-order valence-electron chi connectivity index (χ1n) is 10.8. The van der Waals surface area contributed by atoms with Gasteiger partial charge in [-0.3, -0.25) is 4.79 Å². The third-order valence-electron chi connectivity index (χ3n) is 6.40. The molecule has 8 heteroatoms. The average Bonchev–Trinajstić information content (AvgIpc) is 2.88. The van der Waals surface area contributed by atoms with Crippen LogP contribution in [0.25, 0.3) is 0 Å². The lowest BCUT2D eigenvalue weighted by Crippen LogP contribution is -2.43. The molecule has 180 valence electrons. The second-order valence-electron chi connectivity index (χ2n) is 8.28. The van der Waals surface area contributed by atoms with Gasteiger partial charge in [0.25, 0.3) is 0 Å². The first kappa shape index (κ1) is 24.2. The lowest BCUT2D eigenvalue weighted by atomic mass is 9.62. The van der Waals surface area contributed by atoms with Crippen LogP contribution in [0.3, 0.4) is 0 Å². The fraction of sp³-hybridized carbons (Fsp3) is 0.0714. The van der Waals surface area contributed by atoms with Gasteiger partial charge in [-0.05, 0) is 28.8 Å². The maximum absolute atomic E-state index is 12.6. The number of aromatic carboxylic acids is 2. The van der Waals surface area contributed by atoms with E-state index >= 15 is 0 Å². The molecule has 0 amide bonds. The Hall–Kier alpha value is -4.98. The monoisotopic (exact) mass is 484 g/mol. The van der Waals surface area contributed by atoms with Crippen molar-refractivity contribution in [2.24, 2.45) is 0 Å². The Morgan fingerprint density at radius 2 is 1.11 bits per heavy atom. The maximum Gasteiger partial charge on any atom is 0.336 e. The third-order valence-corrected chi connectivity index (χ3v) is 6.40. The third kappa shape index (κ3) is 3.74. The molecule has 36 heavy (non-hydrogen) atoms. The summed E-state index contributed by atoms with van der Waals surface area (Å²) in [4.78, 5) is 48.7. The van der Waals surface area contributed by atoms with Crippen LogP contribution in [0.1, 0.15) is 37.4 Å². The lowest BCUT2D eigenvalue weighted by molar-refractivity contribution is -0.144. The molecule has 4 rings (SSSR count). The molecular formula is C28H20O8. The molecule has 2 unspecified atom stereocenters. The summed E-state index contributed by atoms with van der Waals surface area (Å²) in [6.45, 7) is 0.